The molecule has 0 spiro atoms. The number of carbonyl (C=O) groups excluding carboxylic acids is 1. The number of hydrogen-bond acceptors (Lipinski definition) is 4. The summed E-state index contributed by atoms with van der Waals surface area (Å²) < 4.78 is 10.7. The highest BCUT2D eigenvalue weighted by Gasteiger charge is 2.17. The van der Waals surface area contributed by atoms with Crippen LogP contribution in [0.5, 0.6) is 5.75 Å². The first-order chi connectivity index (χ1) is 11.0. The van der Waals surface area contributed by atoms with Crippen molar-refractivity contribution >= 4 is 23.5 Å². The van der Waals surface area contributed by atoms with E-state index in [0.717, 1.165) is 0 Å². The zero-order chi connectivity index (χ0) is 16.8. The highest BCUT2D eigenvalue weighted by Crippen LogP contribution is 2.24. The number of ether oxygens (including phenoxy) is 1. The molecule has 0 fully saturated rings. The number of para-hydroxylation sites is 1. The Kier molecular flexibility index (Phi) is 5.65. The molecule has 1 heterocycles. The molecule has 0 aliphatic rings. The van der Waals surface area contributed by atoms with Crippen LogP contribution in [0.15, 0.2) is 40.8 Å². The quantitative estimate of drug-likeness (QED) is 0.809. The van der Waals surface area contributed by atoms with Crippen LogP contribution in [0, 0.1) is 0 Å². The average molecular weight is 338 g/mol. The number of carboxylic acids is 1. The first kappa shape index (κ1) is 16.9. The van der Waals surface area contributed by atoms with Crippen molar-refractivity contribution in [2.75, 3.05) is 6.54 Å². The summed E-state index contributed by atoms with van der Waals surface area (Å²) in [5, 5.41) is 11.9. The second-order valence-corrected chi connectivity index (χ2v) is 5.16. The molecule has 1 atom stereocenters. The van der Waals surface area contributed by atoms with E-state index in [0.29, 0.717) is 17.2 Å². The number of benzene rings is 1. The number of amides is 1. The van der Waals surface area contributed by atoms with Gasteiger partial charge < -0.3 is 19.6 Å². The van der Waals surface area contributed by atoms with Crippen molar-refractivity contribution in [3.63, 3.8) is 0 Å². The highest BCUT2D eigenvalue weighted by molar-refractivity contribution is 6.32. The predicted octanol–water partition coefficient (Wildman–Crippen LogP) is 3.22. The second kappa shape index (κ2) is 7.69. The van der Waals surface area contributed by atoms with Gasteiger partial charge in [0.1, 0.15) is 11.9 Å². The van der Waals surface area contributed by atoms with Gasteiger partial charge in [0.15, 0.2) is 5.76 Å². The van der Waals surface area contributed by atoms with Gasteiger partial charge in [-0.05, 0) is 30.7 Å². The Morgan fingerprint density at radius 2 is 1.96 bits per heavy atom. The van der Waals surface area contributed by atoms with Gasteiger partial charge in [0, 0.05) is 0 Å². The van der Waals surface area contributed by atoms with Crippen LogP contribution in [0.4, 0.5) is 0 Å². The van der Waals surface area contributed by atoms with Gasteiger partial charge in [-0.2, -0.15) is 0 Å². The fraction of sp³-hybridized carbons (Fsp3) is 0.250. The number of hydrogen-bond donors (Lipinski definition) is 2. The molecule has 0 saturated carbocycles. The van der Waals surface area contributed by atoms with E-state index < -0.39 is 11.9 Å². The Balaban J connectivity index is 1.93. The van der Waals surface area contributed by atoms with E-state index in [1.807, 2.05) is 13.0 Å². The van der Waals surface area contributed by atoms with Crippen LogP contribution in [0.3, 0.4) is 0 Å². The Labute approximate surface area is 138 Å². The Morgan fingerprint density at radius 3 is 2.57 bits per heavy atom. The van der Waals surface area contributed by atoms with E-state index in [1.54, 1.807) is 18.2 Å². The lowest BCUT2D eigenvalue weighted by atomic mass is 10.2. The number of rotatable bonds is 7. The maximum Gasteiger partial charge on any atom is 0.371 e. The van der Waals surface area contributed by atoms with Gasteiger partial charge >= 0.3 is 5.97 Å². The fourth-order valence-corrected chi connectivity index (χ4v) is 2.04. The minimum absolute atomic E-state index is 0.0602. The molecule has 122 valence electrons. The van der Waals surface area contributed by atoms with Crippen LogP contribution in [0.1, 0.15) is 34.5 Å². The molecule has 1 amide bonds. The number of halogens is 1. The van der Waals surface area contributed by atoms with Crippen molar-refractivity contribution in [1.82, 2.24) is 5.32 Å². The van der Waals surface area contributed by atoms with Gasteiger partial charge in [-0.25, -0.2) is 4.79 Å². The van der Waals surface area contributed by atoms with Gasteiger partial charge in [-0.3, -0.25) is 4.79 Å². The first-order valence-corrected chi connectivity index (χ1v) is 7.41. The lowest BCUT2D eigenvalue weighted by Gasteiger charge is -2.18. The maximum absolute atomic E-state index is 11.9. The zero-order valence-electron chi connectivity index (χ0n) is 12.4. The predicted molar refractivity (Wildman–Crippen MR) is 84.2 cm³/mol. The summed E-state index contributed by atoms with van der Waals surface area (Å²) in [5.41, 5.74) is 0. The molecule has 23 heavy (non-hydrogen) atoms. The third-order valence-corrected chi connectivity index (χ3v) is 3.43. The Hall–Kier alpha value is -2.47. The monoisotopic (exact) mass is 337 g/mol. The number of aromatic carboxylic acids is 1. The Morgan fingerprint density at radius 1 is 1.26 bits per heavy atom. The first-order valence-electron chi connectivity index (χ1n) is 7.03. The van der Waals surface area contributed by atoms with E-state index in [4.69, 9.17) is 25.9 Å². The Bertz CT molecular complexity index is 697. The van der Waals surface area contributed by atoms with Crippen LogP contribution in [0.2, 0.25) is 5.02 Å². The normalized spacial score (nSPS) is 11.7. The molecule has 2 N–H and O–H groups in total. The molecule has 2 aromatic rings. The number of furan rings is 1. The van der Waals surface area contributed by atoms with Crippen LogP contribution < -0.4 is 10.1 Å². The molecule has 1 aromatic carbocycles. The van der Waals surface area contributed by atoms with Crippen molar-refractivity contribution < 1.29 is 23.8 Å². The molecule has 0 radical (unpaired) electrons. The molecular formula is C16H16ClNO5. The fourth-order valence-electron chi connectivity index (χ4n) is 1.86. The van der Waals surface area contributed by atoms with Crippen LogP contribution in [-0.2, 0) is 0 Å². The van der Waals surface area contributed by atoms with Crippen molar-refractivity contribution in [2.45, 2.75) is 19.4 Å². The standard InChI is InChI=1S/C16H16ClNO5/c1-2-10(22-12-6-4-3-5-11(12)17)9-18-15(19)13-7-8-14(23-13)16(20)21/h3-8,10H,2,9H2,1H3,(H,18,19)(H,20,21). The summed E-state index contributed by atoms with van der Waals surface area (Å²) in [6.45, 7) is 2.16. The lowest BCUT2D eigenvalue weighted by Crippen LogP contribution is -2.34. The van der Waals surface area contributed by atoms with E-state index in [9.17, 15) is 9.59 Å². The third-order valence-electron chi connectivity index (χ3n) is 3.12. The molecule has 1 unspecified atom stereocenters. The SMILES string of the molecule is CCC(CNC(=O)c1ccc(C(=O)O)o1)Oc1ccccc1Cl. The van der Waals surface area contributed by atoms with Crippen LogP contribution in [0.25, 0.3) is 0 Å². The highest BCUT2D eigenvalue weighted by atomic mass is 35.5. The van der Waals surface area contributed by atoms with Gasteiger partial charge in [0.05, 0.1) is 11.6 Å². The second-order valence-electron chi connectivity index (χ2n) is 4.76. The van der Waals surface area contributed by atoms with E-state index >= 15 is 0 Å². The molecule has 1 aromatic heterocycles. The van der Waals surface area contributed by atoms with Crippen molar-refractivity contribution in [3.8, 4) is 5.75 Å². The van der Waals surface area contributed by atoms with Gasteiger partial charge in [-0.1, -0.05) is 30.7 Å². The van der Waals surface area contributed by atoms with Crippen LogP contribution in [-0.4, -0.2) is 29.6 Å². The summed E-state index contributed by atoms with van der Waals surface area (Å²) in [6, 6.07) is 9.62. The summed E-state index contributed by atoms with van der Waals surface area (Å²) in [4.78, 5) is 22.7. The molecular weight excluding hydrogens is 322 g/mol. The van der Waals surface area contributed by atoms with Crippen molar-refractivity contribution in [3.05, 3.63) is 52.9 Å². The van der Waals surface area contributed by atoms with Crippen molar-refractivity contribution in [2.24, 2.45) is 0 Å². The maximum atomic E-state index is 11.9. The van der Waals surface area contributed by atoms with Gasteiger partial charge in [0.25, 0.3) is 5.91 Å². The smallest absolute Gasteiger partial charge is 0.371 e. The summed E-state index contributed by atoms with van der Waals surface area (Å²) in [7, 11) is 0. The zero-order valence-corrected chi connectivity index (χ0v) is 13.2. The molecule has 7 heteroatoms. The van der Waals surface area contributed by atoms with Crippen LogP contribution >= 0.6 is 11.6 Å². The minimum atomic E-state index is -1.22. The number of carboxylic acid groups (broad SMARTS) is 1. The van der Waals surface area contributed by atoms with Crippen molar-refractivity contribution in [1.29, 1.82) is 0 Å². The molecule has 0 saturated heterocycles. The molecule has 0 aliphatic carbocycles. The van der Waals surface area contributed by atoms with E-state index in [1.165, 1.54) is 12.1 Å². The number of nitrogens with one attached hydrogen (secondary N) is 1. The van der Waals surface area contributed by atoms with Gasteiger partial charge in [0.2, 0.25) is 5.76 Å². The molecule has 6 nitrogen and oxygen atoms in total. The largest absolute Gasteiger partial charge is 0.487 e. The average Bonchev–Trinajstić information content (AvgIpc) is 3.03. The third kappa shape index (κ3) is 4.50. The van der Waals surface area contributed by atoms with Gasteiger partial charge in [-0.15, -0.1) is 0 Å². The summed E-state index contributed by atoms with van der Waals surface area (Å²) in [6.07, 6.45) is 0.386. The number of carbonyl (C=O) groups is 2. The molecule has 2 rings (SSSR count). The molecule has 0 bridgehead atoms. The summed E-state index contributed by atoms with van der Waals surface area (Å²) in [5.74, 6) is -1.53. The lowest BCUT2D eigenvalue weighted by molar-refractivity contribution is 0.0659. The summed E-state index contributed by atoms with van der Waals surface area (Å²) >= 11 is 6.03. The van der Waals surface area contributed by atoms with E-state index in [2.05, 4.69) is 5.32 Å². The topological polar surface area (TPSA) is 88.8 Å². The molecule has 0 aliphatic heterocycles. The minimum Gasteiger partial charge on any atom is -0.487 e. The van der Waals surface area contributed by atoms with E-state index in [-0.39, 0.29) is 24.2 Å².